The highest BCUT2D eigenvalue weighted by atomic mass is 32.2. The summed E-state index contributed by atoms with van der Waals surface area (Å²) in [4.78, 5) is 11.4. The maximum Gasteiger partial charge on any atom is 0.261 e. The minimum absolute atomic E-state index is 0.0808. The van der Waals surface area contributed by atoms with E-state index in [-0.39, 0.29) is 11.3 Å². The third-order valence-electron chi connectivity index (χ3n) is 2.96. The highest BCUT2D eigenvalue weighted by Gasteiger charge is 2.14. The molecule has 6 nitrogen and oxygen atoms in total. The van der Waals surface area contributed by atoms with Crippen molar-refractivity contribution in [3.63, 3.8) is 0 Å². The lowest BCUT2D eigenvalue weighted by Gasteiger charge is -2.09. The van der Waals surface area contributed by atoms with Crippen LogP contribution in [0.4, 0.5) is 11.4 Å². The molecule has 2 N–H and O–H groups in total. The van der Waals surface area contributed by atoms with Gasteiger partial charge in [0.2, 0.25) is 5.91 Å². The van der Waals surface area contributed by atoms with Crippen molar-refractivity contribution in [3.05, 3.63) is 54.1 Å². The number of sulfonamides is 1. The summed E-state index contributed by atoms with van der Waals surface area (Å²) >= 11 is 0. The highest BCUT2D eigenvalue weighted by molar-refractivity contribution is 7.92. The van der Waals surface area contributed by atoms with Gasteiger partial charge in [-0.1, -0.05) is 12.1 Å². The first-order valence-electron chi connectivity index (χ1n) is 6.77. The molecule has 0 aromatic heterocycles. The third kappa shape index (κ3) is 4.56. The topological polar surface area (TPSA) is 99.1 Å². The fourth-order valence-corrected chi connectivity index (χ4v) is 2.97. The maximum atomic E-state index is 12.3. The molecule has 2 aromatic carbocycles. The van der Waals surface area contributed by atoms with Crippen LogP contribution in [-0.4, -0.2) is 14.3 Å². The molecule has 0 atom stereocenters. The van der Waals surface area contributed by atoms with Gasteiger partial charge in [-0.05, 0) is 48.9 Å². The number of nitrogens with one attached hydrogen (secondary N) is 2. The average molecular weight is 329 g/mol. The quantitative estimate of drug-likeness (QED) is 0.881. The van der Waals surface area contributed by atoms with Crippen molar-refractivity contribution in [1.29, 1.82) is 5.26 Å². The van der Waals surface area contributed by atoms with Gasteiger partial charge in [0.1, 0.15) is 6.42 Å². The number of hydrogen-bond donors (Lipinski definition) is 2. The zero-order valence-electron chi connectivity index (χ0n) is 12.4. The fourth-order valence-electron chi connectivity index (χ4n) is 1.92. The zero-order valence-corrected chi connectivity index (χ0v) is 13.2. The first-order chi connectivity index (χ1) is 10.9. The Hall–Kier alpha value is -2.85. The fraction of sp³-hybridized carbons (Fsp3) is 0.125. The third-order valence-corrected chi connectivity index (χ3v) is 4.36. The van der Waals surface area contributed by atoms with Gasteiger partial charge in [0, 0.05) is 11.4 Å². The average Bonchev–Trinajstić information content (AvgIpc) is 2.47. The maximum absolute atomic E-state index is 12.3. The van der Waals surface area contributed by atoms with Crippen LogP contribution in [0.5, 0.6) is 0 Å². The minimum atomic E-state index is -3.70. The summed E-state index contributed by atoms with van der Waals surface area (Å²) in [6.45, 7) is 1.87. The first-order valence-corrected chi connectivity index (χ1v) is 8.25. The standard InChI is InChI=1S/C16H15N3O3S/c1-12-3-2-4-14(11-12)19-23(21,22)15-7-5-13(6-8-15)18-16(20)9-10-17/h2-8,11,19H,9H2,1H3,(H,18,20). The molecule has 0 fully saturated rings. The van der Waals surface area contributed by atoms with Gasteiger partial charge in [-0.15, -0.1) is 0 Å². The van der Waals surface area contributed by atoms with E-state index >= 15 is 0 Å². The van der Waals surface area contributed by atoms with Crippen molar-refractivity contribution in [2.75, 3.05) is 10.0 Å². The second kappa shape index (κ2) is 6.94. The summed E-state index contributed by atoms with van der Waals surface area (Å²) in [5, 5.41) is 10.9. The second-order valence-electron chi connectivity index (χ2n) is 4.88. The van der Waals surface area contributed by atoms with Gasteiger partial charge in [-0.25, -0.2) is 8.42 Å². The van der Waals surface area contributed by atoms with Gasteiger partial charge in [0.25, 0.3) is 10.0 Å². The van der Waals surface area contributed by atoms with Gasteiger partial charge in [0.05, 0.1) is 11.0 Å². The van der Waals surface area contributed by atoms with E-state index < -0.39 is 15.9 Å². The van der Waals surface area contributed by atoms with Crippen LogP contribution in [0.25, 0.3) is 0 Å². The van der Waals surface area contributed by atoms with Crippen LogP contribution in [0.15, 0.2) is 53.4 Å². The van der Waals surface area contributed by atoms with Crippen molar-refractivity contribution >= 4 is 27.3 Å². The molecule has 0 radical (unpaired) electrons. The number of nitriles is 1. The number of anilines is 2. The molecule has 1 amide bonds. The summed E-state index contributed by atoms with van der Waals surface area (Å²) in [6, 6.07) is 14.5. The van der Waals surface area contributed by atoms with E-state index in [1.807, 2.05) is 13.0 Å². The summed E-state index contributed by atoms with van der Waals surface area (Å²) in [6.07, 6.45) is -0.255. The molecule has 23 heavy (non-hydrogen) atoms. The van der Waals surface area contributed by atoms with Gasteiger partial charge >= 0.3 is 0 Å². The van der Waals surface area contributed by atoms with Crippen LogP contribution in [0.2, 0.25) is 0 Å². The summed E-state index contributed by atoms with van der Waals surface area (Å²) in [7, 11) is -3.70. The lowest BCUT2D eigenvalue weighted by Crippen LogP contribution is -2.13. The molecule has 118 valence electrons. The molecule has 7 heteroatoms. The van der Waals surface area contributed by atoms with Crippen molar-refractivity contribution < 1.29 is 13.2 Å². The smallest absolute Gasteiger partial charge is 0.261 e. The van der Waals surface area contributed by atoms with E-state index in [4.69, 9.17) is 5.26 Å². The van der Waals surface area contributed by atoms with E-state index in [2.05, 4.69) is 10.0 Å². The lowest BCUT2D eigenvalue weighted by molar-refractivity contribution is -0.115. The van der Waals surface area contributed by atoms with Crippen LogP contribution >= 0.6 is 0 Å². The number of carbonyl (C=O) groups excluding carboxylic acids is 1. The summed E-state index contributed by atoms with van der Waals surface area (Å²) in [5.74, 6) is -0.444. The Morgan fingerprint density at radius 2 is 1.83 bits per heavy atom. The highest BCUT2D eigenvalue weighted by Crippen LogP contribution is 2.19. The second-order valence-corrected chi connectivity index (χ2v) is 6.56. The van der Waals surface area contributed by atoms with Crippen molar-refractivity contribution in [2.24, 2.45) is 0 Å². The molecule has 0 aliphatic carbocycles. The summed E-state index contributed by atoms with van der Waals surface area (Å²) in [5.41, 5.74) is 1.86. The molecule has 0 bridgehead atoms. The van der Waals surface area contributed by atoms with E-state index in [9.17, 15) is 13.2 Å². The first kappa shape index (κ1) is 16.5. The minimum Gasteiger partial charge on any atom is -0.325 e. The number of benzene rings is 2. The molecule has 0 heterocycles. The Morgan fingerprint density at radius 1 is 1.13 bits per heavy atom. The molecule has 0 aliphatic heterocycles. The Balaban J connectivity index is 2.14. The number of aryl methyl sites for hydroxylation is 1. The Bertz CT molecular complexity index is 853. The number of hydrogen-bond acceptors (Lipinski definition) is 4. The van der Waals surface area contributed by atoms with Crippen LogP contribution in [0.1, 0.15) is 12.0 Å². The molecule has 0 saturated heterocycles. The van der Waals surface area contributed by atoms with Gasteiger partial charge in [0.15, 0.2) is 0 Å². The number of rotatable bonds is 5. The number of amides is 1. The van der Waals surface area contributed by atoms with Gasteiger partial charge in [-0.3, -0.25) is 9.52 Å². The molecular weight excluding hydrogens is 314 g/mol. The molecule has 0 unspecified atom stereocenters. The van der Waals surface area contributed by atoms with Crippen molar-refractivity contribution in [2.45, 2.75) is 18.2 Å². The van der Waals surface area contributed by atoms with Gasteiger partial charge in [-0.2, -0.15) is 5.26 Å². The van der Waals surface area contributed by atoms with Gasteiger partial charge < -0.3 is 5.32 Å². The molecule has 0 aliphatic rings. The molecule has 2 aromatic rings. The molecule has 0 saturated carbocycles. The van der Waals surface area contributed by atoms with Crippen molar-refractivity contribution in [1.82, 2.24) is 0 Å². The van der Waals surface area contributed by atoms with E-state index in [0.29, 0.717) is 11.4 Å². The Morgan fingerprint density at radius 3 is 2.43 bits per heavy atom. The number of carbonyl (C=O) groups is 1. The van der Waals surface area contributed by atoms with E-state index in [0.717, 1.165) is 5.56 Å². The zero-order chi connectivity index (χ0) is 16.9. The molecule has 2 rings (SSSR count). The van der Waals surface area contributed by atoms with Crippen molar-refractivity contribution in [3.8, 4) is 6.07 Å². The van der Waals surface area contributed by atoms with Crippen LogP contribution in [0.3, 0.4) is 0 Å². The lowest BCUT2D eigenvalue weighted by atomic mass is 10.2. The van der Waals surface area contributed by atoms with E-state index in [1.54, 1.807) is 24.3 Å². The predicted octanol–water partition coefficient (Wildman–Crippen LogP) is 2.65. The SMILES string of the molecule is Cc1cccc(NS(=O)(=O)c2ccc(NC(=O)CC#N)cc2)c1. The summed E-state index contributed by atoms with van der Waals surface area (Å²) < 4.78 is 27.1. The van der Waals surface area contributed by atoms with E-state index in [1.165, 1.54) is 24.3 Å². The predicted molar refractivity (Wildman–Crippen MR) is 87.3 cm³/mol. The van der Waals surface area contributed by atoms with Crippen LogP contribution in [0, 0.1) is 18.3 Å². The Kier molecular flexibility index (Phi) is 4.98. The normalized spacial score (nSPS) is 10.6. The Labute approximate surface area is 134 Å². The number of nitrogens with zero attached hydrogens (tertiary/aromatic N) is 1. The monoisotopic (exact) mass is 329 g/mol. The molecule has 0 spiro atoms. The van der Waals surface area contributed by atoms with Crippen LogP contribution < -0.4 is 10.0 Å². The molecular formula is C16H15N3O3S. The van der Waals surface area contributed by atoms with Crippen LogP contribution in [-0.2, 0) is 14.8 Å². The largest absolute Gasteiger partial charge is 0.325 e.